The van der Waals surface area contributed by atoms with E-state index in [2.05, 4.69) is 16.7 Å². The van der Waals surface area contributed by atoms with Gasteiger partial charge in [0.25, 0.3) is 0 Å². The van der Waals surface area contributed by atoms with E-state index in [1.807, 2.05) is 20.9 Å². The van der Waals surface area contributed by atoms with E-state index in [1.165, 1.54) is 17.8 Å². The molecule has 2 aromatic carbocycles. The minimum absolute atomic E-state index is 0.0268. The standard InChI is InChI=1S/C34H37FN6O4S2/c1-7-17-24(18-11-12-22(35)28-25(18)19(14-36)30(47-28)40-33(43)45-34(3,4)5)20-15-44-16-21(20)26-27(17)38-32(46-8-2)39-29(26)37-23-10-9-13-41(6)31(23)42/h11-12,23H,7-10,13,15-16H2,1-6H3,(H,40,43)(H,37,38,39). The van der Waals surface area contributed by atoms with Crippen LogP contribution in [0.25, 0.3) is 32.1 Å². The summed E-state index contributed by atoms with van der Waals surface area (Å²) in [7, 11) is 1.82. The Morgan fingerprint density at radius 3 is 2.70 bits per heavy atom. The summed E-state index contributed by atoms with van der Waals surface area (Å²) in [6, 6.07) is 4.90. The Kier molecular flexibility index (Phi) is 9.04. The number of piperidine rings is 1. The average Bonchev–Trinajstić information content (AvgIpc) is 3.64. The van der Waals surface area contributed by atoms with Gasteiger partial charge >= 0.3 is 6.09 Å². The average molecular weight is 677 g/mol. The number of halogens is 1. The molecule has 2 aliphatic rings. The van der Waals surface area contributed by atoms with Gasteiger partial charge in [0.2, 0.25) is 5.91 Å². The molecular formula is C34H37FN6O4S2. The summed E-state index contributed by atoms with van der Waals surface area (Å²) in [6.45, 7) is 10.6. The van der Waals surface area contributed by atoms with Crippen LogP contribution in [-0.4, -0.2) is 57.9 Å². The van der Waals surface area contributed by atoms with Crippen molar-refractivity contribution in [2.45, 2.75) is 83.9 Å². The summed E-state index contributed by atoms with van der Waals surface area (Å²) in [5, 5.41) is 18.6. The number of thiophene rings is 1. The van der Waals surface area contributed by atoms with Gasteiger partial charge in [0.15, 0.2) is 5.16 Å². The predicted octanol–water partition coefficient (Wildman–Crippen LogP) is 7.61. The Labute approximate surface area is 281 Å². The summed E-state index contributed by atoms with van der Waals surface area (Å²) in [6.07, 6.45) is 1.44. The molecule has 4 aromatic rings. The molecule has 6 rings (SSSR count). The summed E-state index contributed by atoms with van der Waals surface area (Å²) >= 11 is 2.52. The molecular weight excluding hydrogens is 640 g/mol. The number of hydrogen-bond donors (Lipinski definition) is 2. The molecule has 1 unspecified atom stereocenters. The second-order valence-electron chi connectivity index (χ2n) is 12.6. The number of likely N-dealkylation sites (N-methyl/N-ethyl adjacent to an activating group) is 1. The van der Waals surface area contributed by atoms with Crippen LogP contribution in [0.15, 0.2) is 17.3 Å². The lowest BCUT2D eigenvalue weighted by Gasteiger charge is -2.30. The molecule has 2 N–H and O–H groups in total. The molecule has 0 radical (unpaired) electrons. The summed E-state index contributed by atoms with van der Waals surface area (Å²) in [5.41, 5.74) is 4.35. The first-order valence-electron chi connectivity index (χ1n) is 15.7. The van der Waals surface area contributed by atoms with Gasteiger partial charge in [0, 0.05) is 24.4 Å². The third kappa shape index (κ3) is 6.10. The number of thioether (sulfide) groups is 1. The lowest BCUT2D eigenvalue weighted by molar-refractivity contribution is -0.132. The van der Waals surface area contributed by atoms with Crippen molar-refractivity contribution in [2.75, 3.05) is 30.0 Å². The smallest absolute Gasteiger partial charge is 0.412 e. The number of fused-ring (bicyclic) bond motifs is 4. The highest BCUT2D eigenvalue weighted by atomic mass is 32.2. The zero-order valence-electron chi connectivity index (χ0n) is 27.3. The van der Waals surface area contributed by atoms with Crippen LogP contribution in [0.3, 0.4) is 0 Å². The predicted molar refractivity (Wildman–Crippen MR) is 183 cm³/mol. The number of nitrogens with zero attached hydrogens (tertiary/aromatic N) is 4. The van der Waals surface area contributed by atoms with E-state index >= 15 is 4.39 Å². The molecule has 2 amide bonds. The van der Waals surface area contributed by atoms with Gasteiger partial charge in [0.1, 0.15) is 34.3 Å². The van der Waals surface area contributed by atoms with E-state index in [0.717, 1.165) is 63.2 Å². The number of amides is 2. The van der Waals surface area contributed by atoms with Gasteiger partial charge in [-0.1, -0.05) is 31.7 Å². The molecule has 4 heterocycles. The van der Waals surface area contributed by atoms with Gasteiger partial charge in [-0.15, -0.1) is 11.3 Å². The maximum atomic E-state index is 15.5. The van der Waals surface area contributed by atoms with E-state index in [-0.39, 0.29) is 21.2 Å². The van der Waals surface area contributed by atoms with Crippen molar-refractivity contribution in [3.63, 3.8) is 0 Å². The molecule has 1 fully saturated rings. The summed E-state index contributed by atoms with van der Waals surface area (Å²) in [4.78, 5) is 37.6. The molecule has 246 valence electrons. The fourth-order valence-electron chi connectivity index (χ4n) is 6.39. The van der Waals surface area contributed by atoms with Gasteiger partial charge in [-0.05, 0) is 79.7 Å². The van der Waals surface area contributed by atoms with Crippen LogP contribution in [0.5, 0.6) is 0 Å². The highest BCUT2D eigenvalue weighted by molar-refractivity contribution is 7.99. The van der Waals surface area contributed by atoms with Crippen molar-refractivity contribution in [2.24, 2.45) is 0 Å². The second-order valence-corrected chi connectivity index (χ2v) is 14.9. The quantitative estimate of drug-likeness (QED) is 0.150. The van der Waals surface area contributed by atoms with Gasteiger partial charge in [-0.2, -0.15) is 5.26 Å². The van der Waals surface area contributed by atoms with Gasteiger partial charge < -0.3 is 19.7 Å². The SMILES string of the molecule is CCSc1nc(NC2CCCN(C)C2=O)c2c3c(c(-c4ccc(F)c5sc(NC(=O)OC(C)(C)C)c(C#N)c45)c(CC)c2n1)COC3. The highest BCUT2D eigenvalue weighted by Crippen LogP contribution is 2.48. The number of anilines is 2. The van der Waals surface area contributed by atoms with Crippen molar-refractivity contribution in [1.82, 2.24) is 14.9 Å². The van der Waals surface area contributed by atoms with Gasteiger partial charge in [-0.25, -0.2) is 19.2 Å². The Balaban J connectivity index is 1.60. The number of ether oxygens (including phenoxy) is 2. The minimum Gasteiger partial charge on any atom is -0.444 e. The lowest BCUT2D eigenvalue weighted by Crippen LogP contribution is -2.45. The number of carbonyl (C=O) groups is 2. The first-order valence-corrected chi connectivity index (χ1v) is 17.5. The maximum absolute atomic E-state index is 15.5. The minimum atomic E-state index is -0.754. The molecule has 0 bridgehead atoms. The number of likely N-dealkylation sites (tertiary alicyclic amines) is 1. The molecule has 0 saturated carbocycles. The number of aryl methyl sites for hydroxylation is 1. The Morgan fingerprint density at radius 1 is 1.23 bits per heavy atom. The Bertz CT molecular complexity index is 1970. The number of hydrogen-bond acceptors (Lipinski definition) is 10. The summed E-state index contributed by atoms with van der Waals surface area (Å²) < 4.78 is 27.2. The van der Waals surface area contributed by atoms with Crippen LogP contribution in [0, 0.1) is 17.1 Å². The van der Waals surface area contributed by atoms with Crippen molar-refractivity contribution in [3.05, 3.63) is 40.2 Å². The van der Waals surface area contributed by atoms with E-state index in [4.69, 9.17) is 19.4 Å². The topological polar surface area (TPSA) is 129 Å². The van der Waals surface area contributed by atoms with Crippen molar-refractivity contribution in [1.29, 1.82) is 5.26 Å². The van der Waals surface area contributed by atoms with Crippen molar-refractivity contribution in [3.8, 4) is 17.2 Å². The number of aromatic nitrogens is 2. The van der Waals surface area contributed by atoms with Crippen LogP contribution in [0.4, 0.5) is 20.0 Å². The number of rotatable bonds is 7. The zero-order chi connectivity index (χ0) is 33.6. The highest BCUT2D eigenvalue weighted by Gasteiger charge is 2.32. The molecule has 1 saturated heterocycles. The summed E-state index contributed by atoms with van der Waals surface area (Å²) in [5.74, 6) is 0.889. The number of nitriles is 1. The second kappa shape index (κ2) is 12.9. The normalized spacial score (nSPS) is 16.4. The van der Waals surface area contributed by atoms with Crippen LogP contribution in [0.1, 0.15) is 69.7 Å². The largest absolute Gasteiger partial charge is 0.444 e. The van der Waals surface area contributed by atoms with Gasteiger partial charge in [0.05, 0.1) is 29.0 Å². The third-order valence-corrected chi connectivity index (χ3v) is 10.2. The number of nitrogens with one attached hydrogen (secondary N) is 2. The van der Waals surface area contributed by atoms with Gasteiger partial charge in [-0.3, -0.25) is 10.1 Å². The van der Waals surface area contributed by atoms with E-state index < -0.39 is 23.6 Å². The molecule has 2 aliphatic heterocycles. The van der Waals surface area contributed by atoms with E-state index in [0.29, 0.717) is 48.0 Å². The van der Waals surface area contributed by atoms with Crippen LogP contribution in [-0.2, 0) is 33.9 Å². The van der Waals surface area contributed by atoms with Crippen LogP contribution >= 0.6 is 23.1 Å². The molecule has 0 aliphatic carbocycles. The van der Waals surface area contributed by atoms with Crippen LogP contribution < -0.4 is 10.6 Å². The van der Waals surface area contributed by atoms with E-state index in [1.54, 1.807) is 31.7 Å². The van der Waals surface area contributed by atoms with Crippen molar-refractivity contribution < 1.29 is 23.5 Å². The first kappa shape index (κ1) is 32.9. The number of benzene rings is 2. The fraction of sp³-hybridized carbons (Fsp3) is 0.441. The molecule has 13 heteroatoms. The van der Waals surface area contributed by atoms with Crippen molar-refractivity contribution >= 4 is 66.9 Å². The fourth-order valence-corrected chi connectivity index (χ4v) is 8.03. The number of carbonyl (C=O) groups excluding carboxylic acids is 2. The molecule has 10 nitrogen and oxygen atoms in total. The molecule has 0 spiro atoms. The third-order valence-electron chi connectivity index (χ3n) is 8.32. The van der Waals surface area contributed by atoms with Crippen LogP contribution in [0.2, 0.25) is 0 Å². The Hall–Kier alpha value is -3.99. The Morgan fingerprint density at radius 2 is 2.00 bits per heavy atom. The lowest BCUT2D eigenvalue weighted by atomic mass is 9.86. The first-order chi connectivity index (χ1) is 22.4. The monoisotopic (exact) mass is 676 g/mol. The maximum Gasteiger partial charge on any atom is 0.412 e. The molecule has 47 heavy (non-hydrogen) atoms. The molecule has 1 atom stereocenters. The molecule has 2 aromatic heterocycles. The zero-order valence-corrected chi connectivity index (χ0v) is 28.9. The van der Waals surface area contributed by atoms with E-state index in [9.17, 15) is 14.9 Å².